The second-order valence-corrected chi connectivity index (χ2v) is 12.5. The first kappa shape index (κ1) is 25.9. The lowest BCUT2D eigenvalue weighted by atomic mass is 9.92. The van der Waals surface area contributed by atoms with Crippen molar-refractivity contribution in [2.24, 2.45) is 17.8 Å². The molecule has 4 saturated carbocycles. The molecule has 0 heterocycles. The maximum Gasteiger partial charge on any atom is 0.0940 e. The highest BCUT2D eigenvalue weighted by Crippen LogP contribution is 2.49. The highest BCUT2D eigenvalue weighted by Gasteiger charge is 2.54. The van der Waals surface area contributed by atoms with Crippen LogP contribution in [0.15, 0.2) is 0 Å². The van der Waals surface area contributed by atoms with Gasteiger partial charge >= 0.3 is 0 Å². The molecule has 4 fully saturated rings. The molecule has 0 aromatic heterocycles. The Morgan fingerprint density at radius 2 is 1.61 bits per heavy atom. The molecule has 192 valence electrons. The van der Waals surface area contributed by atoms with Crippen LogP contribution in [-0.4, -0.2) is 77.8 Å². The van der Waals surface area contributed by atoms with Crippen molar-refractivity contribution in [1.29, 1.82) is 0 Å². The van der Waals surface area contributed by atoms with Gasteiger partial charge in [0.05, 0.1) is 6.67 Å². The maximum absolute atomic E-state index is 14.0. The van der Waals surface area contributed by atoms with Crippen LogP contribution in [0, 0.1) is 17.8 Å². The molecule has 4 aliphatic carbocycles. The summed E-state index contributed by atoms with van der Waals surface area (Å²) in [6.07, 6.45) is 16.3. The van der Waals surface area contributed by atoms with Gasteiger partial charge in [0.25, 0.3) is 0 Å². The summed E-state index contributed by atoms with van der Waals surface area (Å²) in [6, 6.07) is 4.23. The Bertz CT molecular complexity index is 587. The number of unbranched alkanes of at least 4 members (excludes halogenated alkanes) is 1. The van der Waals surface area contributed by atoms with Crippen molar-refractivity contribution in [3.05, 3.63) is 0 Å². The minimum atomic E-state index is -0.122. The average molecular weight is 464 g/mol. The van der Waals surface area contributed by atoms with Gasteiger partial charge in [0.2, 0.25) is 0 Å². The van der Waals surface area contributed by atoms with Crippen molar-refractivity contribution in [2.45, 2.75) is 141 Å². The quantitative estimate of drug-likeness (QED) is 0.279. The minimum Gasteiger partial charge on any atom is -0.303 e. The lowest BCUT2D eigenvalue weighted by molar-refractivity contribution is 0.0925. The SMILES string of the molecule is CCCCN(C(C)C)C1CC1CCN(C)C1C(CF)C1CC(C)N(C1CCCCC1)C1CC1. The lowest BCUT2D eigenvalue weighted by Gasteiger charge is -2.39. The summed E-state index contributed by atoms with van der Waals surface area (Å²) in [6.45, 7) is 11.8. The third-order valence-corrected chi connectivity index (χ3v) is 9.66. The predicted octanol–water partition coefficient (Wildman–Crippen LogP) is 6.37. The minimum absolute atomic E-state index is 0.122. The topological polar surface area (TPSA) is 9.72 Å². The first-order valence-corrected chi connectivity index (χ1v) is 14.8. The summed E-state index contributed by atoms with van der Waals surface area (Å²) in [4.78, 5) is 8.19. The number of hydrogen-bond acceptors (Lipinski definition) is 3. The molecule has 33 heavy (non-hydrogen) atoms. The van der Waals surface area contributed by atoms with Gasteiger partial charge in [-0.3, -0.25) is 14.2 Å². The Morgan fingerprint density at radius 1 is 0.909 bits per heavy atom. The highest BCUT2D eigenvalue weighted by atomic mass is 19.1. The summed E-state index contributed by atoms with van der Waals surface area (Å²) in [7, 11) is 2.28. The standard InChI is InChI=1S/C29H54FN3/c1-6-7-16-32(21(2)3)28-19-23(28)15-17-31(5)29-26(27(29)20-30)18-22(4)33(25-13-14-25)24-11-9-8-10-12-24/h21-29H,6-20H2,1-5H3. The number of halogens is 1. The molecule has 4 heteroatoms. The summed E-state index contributed by atoms with van der Waals surface area (Å²) in [5, 5.41) is 0. The monoisotopic (exact) mass is 463 g/mol. The number of hydrogen-bond donors (Lipinski definition) is 0. The van der Waals surface area contributed by atoms with Crippen LogP contribution in [-0.2, 0) is 0 Å². The van der Waals surface area contributed by atoms with E-state index in [0.29, 0.717) is 24.0 Å². The predicted molar refractivity (Wildman–Crippen MR) is 138 cm³/mol. The van der Waals surface area contributed by atoms with E-state index in [1.807, 2.05) is 0 Å². The first-order chi connectivity index (χ1) is 16.0. The molecule has 6 atom stereocenters. The Labute approximate surface area is 204 Å². The molecule has 0 radical (unpaired) electrons. The van der Waals surface area contributed by atoms with E-state index in [4.69, 9.17) is 0 Å². The van der Waals surface area contributed by atoms with E-state index in [9.17, 15) is 4.39 Å². The smallest absolute Gasteiger partial charge is 0.0940 e. The van der Waals surface area contributed by atoms with Gasteiger partial charge in [-0.1, -0.05) is 32.6 Å². The molecule has 0 N–H and O–H groups in total. The fraction of sp³-hybridized carbons (Fsp3) is 1.00. The van der Waals surface area contributed by atoms with Crippen molar-refractivity contribution < 1.29 is 4.39 Å². The molecular formula is C29H54FN3. The highest BCUT2D eigenvalue weighted by molar-refractivity contribution is 5.06. The maximum atomic E-state index is 14.0. The van der Waals surface area contributed by atoms with Crippen LogP contribution >= 0.6 is 0 Å². The van der Waals surface area contributed by atoms with Gasteiger partial charge in [-0.15, -0.1) is 0 Å². The van der Waals surface area contributed by atoms with E-state index in [2.05, 4.69) is 49.4 Å². The van der Waals surface area contributed by atoms with Gasteiger partial charge in [0.15, 0.2) is 0 Å². The van der Waals surface area contributed by atoms with Crippen molar-refractivity contribution in [3.63, 3.8) is 0 Å². The van der Waals surface area contributed by atoms with Crippen molar-refractivity contribution in [2.75, 3.05) is 26.8 Å². The van der Waals surface area contributed by atoms with E-state index >= 15 is 0 Å². The van der Waals surface area contributed by atoms with Crippen LogP contribution in [0.25, 0.3) is 0 Å². The second-order valence-electron chi connectivity index (χ2n) is 12.5. The van der Waals surface area contributed by atoms with Gasteiger partial charge in [-0.2, -0.15) is 0 Å². The van der Waals surface area contributed by atoms with E-state index in [1.54, 1.807) is 0 Å². The number of rotatable bonds is 15. The molecule has 0 amide bonds. The first-order valence-electron chi connectivity index (χ1n) is 14.8. The Balaban J connectivity index is 1.23. The van der Waals surface area contributed by atoms with Crippen LogP contribution < -0.4 is 0 Å². The molecule has 6 unspecified atom stereocenters. The van der Waals surface area contributed by atoms with Gasteiger partial charge < -0.3 is 4.90 Å². The van der Waals surface area contributed by atoms with Gasteiger partial charge in [0, 0.05) is 42.2 Å². The van der Waals surface area contributed by atoms with Crippen LogP contribution in [0.2, 0.25) is 0 Å². The molecule has 0 aromatic carbocycles. The average Bonchev–Trinajstić information content (AvgIpc) is 3.68. The van der Waals surface area contributed by atoms with Crippen LogP contribution in [0.4, 0.5) is 4.39 Å². The van der Waals surface area contributed by atoms with E-state index in [1.165, 1.54) is 83.6 Å². The van der Waals surface area contributed by atoms with Crippen molar-refractivity contribution in [1.82, 2.24) is 14.7 Å². The van der Waals surface area contributed by atoms with E-state index in [0.717, 1.165) is 30.6 Å². The largest absolute Gasteiger partial charge is 0.303 e. The molecule has 0 saturated heterocycles. The van der Waals surface area contributed by atoms with Gasteiger partial charge in [-0.05, 0) is 104 Å². The molecule has 4 aliphatic rings. The van der Waals surface area contributed by atoms with Crippen LogP contribution in [0.3, 0.4) is 0 Å². The summed E-state index contributed by atoms with van der Waals surface area (Å²) >= 11 is 0. The van der Waals surface area contributed by atoms with Crippen LogP contribution in [0.5, 0.6) is 0 Å². The molecule has 3 nitrogen and oxygen atoms in total. The Morgan fingerprint density at radius 3 is 2.21 bits per heavy atom. The molecule has 0 aliphatic heterocycles. The Hall–Kier alpha value is -0.190. The lowest BCUT2D eigenvalue weighted by Crippen LogP contribution is -2.44. The fourth-order valence-corrected chi connectivity index (χ4v) is 7.50. The fourth-order valence-electron chi connectivity index (χ4n) is 7.50. The second kappa shape index (κ2) is 11.7. The Kier molecular flexibility index (Phi) is 9.18. The molecule has 0 aromatic rings. The van der Waals surface area contributed by atoms with Gasteiger partial charge in [0.1, 0.15) is 0 Å². The molecule has 4 rings (SSSR count). The third-order valence-electron chi connectivity index (χ3n) is 9.66. The summed E-state index contributed by atoms with van der Waals surface area (Å²) in [5.74, 6) is 1.73. The number of alkyl halides is 1. The molecular weight excluding hydrogens is 409 g/mol. The van der Waals surface area contributed by atoms with E-state index in [-0.39, 0.29) is 12.6 Å². The van der Waals surface area contributed by atoms with Crippen molar-refractivity contribution >= 4 is 0 Å². The third kappa shape index (κ3) is 6.53. The van der Waals surface area contributed by atoms with Crippen LogP contribution in [0.1, 0.15) is 105 Å². The zero-order chi connectivity index (χ0) is 23.5. The van der Waals surface area contributed by atoms with E-state index < -0.39 is 0 Å². The zero-order valence-electron chi connectivity index (χ0n) is 22.5. The molecule has 0 spiro atoms. The van der Waals surface area contributed by atoms with Crippen molar-refractivity contribution in [3.8, 4) is 0 Å². The van der Waals surface area contributed by atoms with Gasteiger partial charge in [-0.25, -0.2) is 0 Å². The summed E-state index contributed by atoms with van der Waals surface area (Å²) < 4.78 is 14.0. The normalized spacial score (nSPS) is 33.5. The zero-order valence-corrected chi connectivity index (χ0v) is 22.5. The molecule has 0 bridgehead atoms. The number of nitrogens with zero attached hydrogens (tertiary/aromatic N) is 3. The summed E-state index contributed by atoms with van der Waals surface area (Å²) in [5.41, 5.74) is 0.